The molecule has 1 aromatic rings. The molecule has 0 saturated carbocycles. The summed E-state index contributed by atoms with van der Waals surface area (Å²) in [5, 5.41) is 7.27. The van der Waals surface area contributed by atoms with Crippen molar-refractivity contribution < 1.29 is 4.79 Å². The van der Waals surface area contributed by atoms with Crippen LogP contribution in [0, 0.1) is 0 Å². The number of nitrogens with one attached hydrogen (secondary N) is 2. The summed E-state index contributed by atoms with van der Waals surface area (Å²) in [5.41, 5.74) is 2.72. The van der Waals surface area contributed by atoms with Crippen molar-refractivity contribution in [3.8, 4) is 0 Å². The van der Waals surface area contributed by atoms with Crippen molar-refractivity contribution >= 4 is 34.8 Å². The Hall–Kier alpha value is -1.83. The molecule has 2 aliphatic heterocycles. The summed E-state index contributed by atoms with van der Waals surface area (Å²) in [7, 11) is 2.07. The smallest absolute Gasteiger partial charge is 0.258 e. The van der Waals surface area contributed by atoms with Gasteiger partial charge in [-0.3, -0.25) is 14.6 Å². The summed E-state index contributed by atoms with van der Waals surface area (Å²) in [5.74, 6) is -0.279. The standard InChI is InChI=1S/C24H33Cl2N5O/c1-5-30-12-14-31(15-13-30)11-10-29(4)23-21(17(2)3)22(26)20(16-27-23)24(32)28-19-8-6-18(25)7-9-19/h6-9,16,23,27H,2,5,10-15H2,1,3-4H3,(H,28,32). The fourth-order valence-electron chi connectivity index (χ4n) is 4.00. The summed E-state index contributed by atoms with van der Waals surface area (Å²) in [4.78, 5) is 20.1. The van der Waals surface area contributed by atoms with Crippen LogP contribution in [0.3, 0.4) is 0 Å². The lowest BCUT2D eigenvalue weighted by Crippen LogP contribution is -2.51. The van der Waals surface area contributed by atoms with E-state index in [1.165, 1.54) is 0 Å². The van der Waals surface area contributed by atoms with Crippen LogP contribution in [-0.2, 0) is 4.79 Å². The van der Waals surface area contributed by atoms with Crippen molar-refractivity contribution in [2.45, 2.75) is 20.0 Å². The third kappa shape index (κ3) is 6.15. The monoisotopic (exact) mass is 477 g/mol. The first kappa shape index (κ1) is 24.8. The predicted molar refractivity (Wildman–Crippen MR) is 134 cm³/mol. The number of benzene rings is 1. The van der Waals surface area contributed by atoms with Crippen molar-refractivity contribution in [1.82, 2.24) is 20.0 Å². The summed E-state index contributed by atoms with van der Waals surface area (Å²) < 4.78 is 0. The lowest BCUT2D eigenvalue weighted by molar-refractivity contribution is -0.112. The highest BCUT2D eigenvalue weighted by atomic mass is 35.5. The minimum absolute atomic E-state index is 0.135. The Morgan fingerprint density at radius 1 is 1.19 bits per heavy atom. The third-order valence-corrected chi connectivity index (χ3v) is 6.72. The second kappa shape index (κ2) is 11.3. The van der Waals surface area contributed by atoms with Crippen LogP contribution in [0.5, 0.6) is 0 Å². The molecule has 1 fully saturated rings. The van der Waals surface area contributed by atoms with E-state index in [0.29, 0.717) is 21.3 Å². The van der Waals surface area contributed by atoms with E-state index in [1.54, 1.807) is 30.5 Å². The van der Waals surface area contributed by atoms with Crippen LogP contribution in [0.1, 0.15) is 13.8 Å². The van der Waals surface area contributed by atoms with Gasteiger partial charge in [-0.25, -0.2) is 0 Å². The highest BCUT2D eigenvalue weighted by Gasteiger charge is 2.30. The molecule has 0 bridgehead atoms. The Bertz CT molecular complexity index is 888. The molecule has 0 aromatic heterocycles. The number of likely N-dealkylation sites (N-methyl/N-ethyl adjacent to an activating group) is 2. The second-order valence-corrected chi connectivity index (χ2v) is 9.17. The molecule has 1 unspecified atom stereocenters. The molecule has 1 aromatic carbocycles. The molecule has 2 aliphatic rings. The van der Waals surface area contributed by atoms with Gasteiger partial charge in [0.25, 0.3) is 5.91 Å². The van der Waals surface area contributed by atoms with Crippen molar-refractivity contribution in [2.75, 3.05) is 58.2 Å². The Kier molecular flexibility index (Phi) is 8.79. The second-order valence-electron chi connectivity index (χ2n) is 8.35. The zero-order valence-corrected chi connectivity index (χ0v) is 20.6. The first-order valence-electron chi connectivity index (χ1n) is 11.0. The molecule has 2 N–H and O–H groups in total. The number of halogens is 2. The zero-order valence-electron chi connectivity index (χ0n) is 19.1. The van der Waals surface area contributed by atoms with Crippen LogP contribution in [0.2, 0.25) is 5.02 Å². The van der Waals surface area contributed by atoms with E-state index in [9.17, 15) is 4.79 Å². The van der Waals surface area contributed by atoms with E-state index in [-0.39, 0.29) is 12.1 Å². The van der Waals surface area contributed by atoms with Gasteiger partial charge in [0, 0.05) is 61.8 Å². The highest BCUT2D eigenvalue weighted by molar-refractivity contribution is 6.37. The maximum atomic E-state index is 12.9. The molecule has 0 spiro atoms. The summed E-state index contributed by atoms with van der Waals surface area (Å²) in [6.45, 7) is 15.7. The van der Waals surface area contributed by atoms with Gasteiger partial charge >= 0.3 is 0 Å². The fourth-order valence-corrected chi connectivity index (χ4v) is 4.53. The Labute approximate surface area is 201 Å². The number of carbonyl (C=O) groups is 1. The SMILES string of the molecule is C=C(C)C1=C(Cl)C(C(=O)Nc2ccc(Cl)cc2)=CNC1N(C)CCN1CCN(CC)CC1. The average molecular weight is 478 g/mol. The molecular formula is C24H33Cl2N5O. The van der Waals surface area contributed by atoms with Gasteiger partial charge in [0.15, 0.2) is 0 Å². The molecule has 8 heteroatoms. The first-order valence-corrected chi connectivity index (χ1v) is 11.8. The van der Waals surface area contributed by atoms with Gasteiger partial charge in [0.2, 0.25) is 0 Å². The van der Waals surface area contributed by atoms with Gasteiger partial charge in [-0.2, -0.15) is 0 Å². The Balaban J connectivity index is 1.64. The van der Waals surface area contributed by atoms with Crippen LogP contribution in [0.4, 0.5) is 5.69 Å². The van der Waals surface area contributed by atoms with Gasteiger partial charge in [-0.05, 0) is 44.8 Å². The molecule has 3 rings (SSSR count). The molecule has 174 valence electrons. The molecule has 0 radical (unpaired) electrons. The molecule has 1 saturated heterocycles. The van der Waals surface area contributed by atoms with Crippen LogP contribution in [-0.4, -0.2) is 79.6 Å². The minimum Gasteiger partial charge on any atom is -0.371 e. The van der Waals surface area contributed by atoms with Gasteiger partial charge in [-0.1, -0.05) is 42.3 Å². The number of anilines is 1. The van der Waals surface area contributed by atoms with E-state index in [4.69, 9.17) is 23.2 Å². The number of carbonyl (C=O) groups excluding carboxylic acids is 1. The third-order valence-electron chi connectivity index (χ3n) is 6.06. The Morgan fingerprint density at radius 3 is 2.41 bits per heavy atom. The number of piperazine rings is 1. The topological polar surface area (TPSA) is 50.9 Å². The van der Waals surface area contributed by atoms with Crippen LogP contribution in [0.15, 0.2) is 58.8 Å². The van der Waals surface area contributed by atoms with Gasteiger partial charge in [0.1, 0.15) is 6.17 Å². The van der Waals surface area contributed by atoms with E-state index < -0.39 is 0 Å². The van der Waals surface area contributed by atoms with E-state index in [0.717, 1.165) is 57.0 Å². The number of dihydropyridines is 1. The summed E-state index contributed by atoms with van der Waals surface area (Å²) in [6, 6.07) is 6.97. The van der Waals surface area contributed by atoms with Gasteiger partial charge in [-0.15, -0.1) is 0 Å². The van der Waals surface area contributed by atoms with Crippen LogP contribution < -0.4 is 10.6 Å². The quantitative estimate of drug-likeness (QED) is 0.597. The predicted octanol–water partition coefficient (Wildman–Crippen LogP) is 3.73. The average Bonchev–Trinajstić information content (AvgIpc) is 2.78. The normalized spacial score (nSPS) is 20.2. The van der Waals surface area contributed by atoms with Crippen LogP contribution >= 0.6 is 23.2 Å². The van der Waals surface area contributed by atoms with Gasteiger partial charge in [0.05, 0.1) is 10.6 Å². The highest BCUT2D eigenvalue weighted by Crippen LogP contribution is 2.31. The van der Waals surface area contributed by atoms with Crippen molar-refractivity contribution in [2.24, 2.45) is 0 Å². The molecule has 0 aliphatic carbocycles. The Morgan fingerprint density at radius 2 is 1.81 bits per heavy atom. The van der Waals surface area contributed by atoms with E-state index in [2.05, 4.69) is 45.9 Å². The summed E-state index contributed by atoms with van der Waals surface area (Å²) >= 11 is 12.7. The van der Waals surface area contributed by atoms with Crippen molar-refractivity contribution in [3.05, 3.63) is 63.8 Å². The van der Waals surface area contributed by atoms with Crippen molar-refractivity contribution in [1.29, 1.82) is 0 Å². The van der Waals surface area contributed by atoms with E-state index in [1.807, 2.05) is 6.92 Å². The number of hydrogen-bond acceptors (Lipinski definition) is 5. The van der Waals surface area contributed by atoms with Gasteiger partial charge < -0.3 is 15.5 Å². The maximum absolute atomic E-state index is 12.9. The first-order chi connectivity index (χ1) is 15.3. The van der Waals surface area contributed by atoms with Crippen LogP contribution in [0.25, 0.3) is 0 Å². The lowest BCUT2D eigenvalue weighted by atomic mass is 9.98. The number of nitrogens with zero attached hydrogens (tertiary/aromatic N) is 3. The molecule has 1 amide bonds. The molecule has 6 nitrogen and oxygen atoms in total. The number of rotatable bonds is 8. The number of amides is 1. The molecule has 32 heavy (non-hydrogen) atoms. The fraction of sp³-hybridized carbons (Fsp3) is 0.458. The largest absolute Gasteiger partial charge is 0.371 e. The molecular weight excluding hydrogens is 445 g/mol. The molecule has 2 heterocycles. The summed E-state index contributed by atoms with van der Waals surface area (Å²) in [6.07, 6.45) is 1.56. The molecule has 1 atom stereocenters. The van der Waals surface area contributed by atoms with Crippen molar-refractivity contribution in [3.63, 3.8) is 0 Å². The minimum atomic E-state index is -0.279. The maximum Gasteiger partial charge on any atom is 0.258 e. The number of hydrogen-bond donors (Lipinski definition) is 2. The lowest BCUT2D eigenvalue weighted by Gasteiger charge is -2.38. The zero-order chi connectivity index (χ0) is 23.3. The van der Waals surface area contributed by atoms with E-state index >= 15 is 0 Å².